The summed E-state index contributed by atoms with van der Waals surface area (Å²) >= 11 is 0. The van der Waals surface area contributed by atoms with Gasteiger partial charge in [-0.25, -0.2) is 0 Å². The summed E-state index contributed by atoms with van der Waals surface area (Å²) in [6.07, 6.45) is 0. The van der Waals surface area contributed by atoms with Crippen LogP contribution >= 0.6 is 0 Å². The fourth-order valence-corrected chi connectivity index (χ4v) is 2.78. The van der Waals surface area contributed by atoms with Crippen molar-refractivity contribution in [1.29, 1.82) is 0 Å². The van der Waals surface area contributed by atoms with E-state index in [4.69, 9.17) is 0 Å². The molecule has 0 N–H and O–H groups in total. The molecule has 2 aromatic rings. The lowest BCUT2D eigenvalue weighted by atomic mass is 9.87. The van der Waals surface area contributed by atoms with Crippen LogP contribution in [0.4, 0.5) is 0 Å². The van der Waals surface area contributed by atoms with Crippen molar-refractivity contribution >= 4 is 10.8 Å². The van der Waals surface area contributed by atoms with Crippen molar-refractivity contribution in [1.82, 2.24) is 0 Å². The third-order valence-electron chi connectivity index (χ3n) is 4.02. The van der Waals surface area contributed by atoms with Gasteiger partial charge < -0.3 is 0 Å². The third kappa shape index (κ3) is 2.68. The summed E-state index contributed by atoms with van der Waals surface area (Å²) in [6.45, 7) is 13.7. The zero-order valence-corrected chi connectivity index (χ0v) is 13.1. The molecular weight excluding hydrogens is 228 g/mol. The Labute approximate surface area is 117 Å². The van der Waals surface area contributed by atoms with Gasteiger partial charge in [0.2, 0.25) is 0 Å². The molecule has 0 saturated carbocycles. The Hall–Kier alpha value is -1.30. The van der Waals surface area contributed by atoms with Crippen LogP contribution in [0, 0.1) is 0 Å². The van der Waals surface area contributed by atoms with Gasteiger partial charge in [-0.2, -0.15) is 0 Å². The van der Waals surface area contributed by atoms with Crippen molar-refractivity contribution in [2.75, 3.05) is 0 Å². The maximum atomic E-state index is 2.40. The molecule has 0 bridgehead atoms. The first-order valence-electron chi connectivity index (χ1n) is 7.48. The van der Waals surface area contributed by atoms with E-state index in [1.54, 1.807) is 0 Å². The van der Waals surface area contributed by atoms with E-state index in [1.807, 2.05) is 0 Å². The SMILES string of the molecule is CC(C)c1ccc2c(C(C)C)ccc(C(C)C)c2c1. The molecule has 0 aromatic heterocycles. The van der Waals surface area contributed by atoms with E-state index in [9.17, 15) is 0 Å². The number of hydrogen-bond acceptors (Lipinski definition) is 0. The van der Waals surface area contributed by atoms with E-state index in [2.05, 4.69) is 71.9 Å². The lowest BCUT2D eigenvalue weighted by molar-refractivity contribution is 0.853. The molecule has 0 aliphatic rings. The topological polar surface area (TPSA) is 0 Å². The summed E-state index contributed by atoms with van der Waals surface area (Å²) in [4.78, 5) is 0. The highest BCUT2D eigenvalue weighted by atomic mass is 14.2. The van der Waals surface area contributed by atoms with Crippen LogP contribution in [0.1, 0.15) is 76.0 Å². The summed E-state index contributed by atoms with van der Waals surface area (Å²) in [5, 5.41) is 2.89. The zero-order valence-electron chi connectivity index (χ0n) is 13.1. The van der Waals surface area contributed by atoms with E-state index >= 15 is 0 Å². The molecule has 0 spiro atoms. The van der Waals surface area contributed by atoms with E-state index in [0.29, 0.717) is 17.8 Å². The largest absolute Gasteiger partial charge is 0.0587 e. The highest BCUT2D eigenvalue weighted by Gasteiger charge is 2.12. The normalized spacial score (nSPS) is 12.1. The molecule has 0 saturated heterocycles. The average Bonchev–Trinajstić information content (AvgIpc) is 2.36. The quantitative estimate of drug-likeness (QED) is 0.611. The molecule has 0 unspecified atom stereocenters. The molecule has 2 aromatic carbocycles. The molecule has 0 aliphatic carbocycles. The van der Waals surface area contributed by atoms with Crippen molar-refractivity contribution in [3.8, 4) is 0 Å². The first kappa shape index (κ1) is 14.1. The number of benzene rings is 2. The van der Waals surface area contributed by atoms with Crippen LogP contribution in [0.3, 0.4) is 0 Å². The van der Waals surface area contributed by atoms with Crippen molar-refractivity contribution in [2.24, 2.45) is 0 Å². The Morgan fingerprint density at radius 2 is 1.11 bits per heavy atom. The van der Waals surface area contributed by atoms with Crippen molar-refractivity contribution in [3.05, 3.63) is 47.0 Å². The summed E-state index contributed by atoms with van der Waals surface area (Å²) in [6, 6.07) is 11.7. The second-order valence-electron chi connectivity index (χ2n) is 6.51. The van der Waals surface area contributed by atoms with Crippen molar-refractivity contribution in [2.45, 2.75) is 59.3 Å². The minimum Gasteiger partial charge on any atom is -0.0587 e. The molecule has 0 fully saturated rings. The molecule has 19 heavy (non-hydrogen) atoms. The van der Waals surface area contributed by atoms with Crippen LogP contribution in [-0.4, -0.2) is 0 Å². The molecule has 0 radical (unpaired) electrons. The minimum absolute atomic E-state index is 0.575. The fourth-order valence-electron chi connectivity index (χ4n) is 2.78. The number of hydrogen-bond donors (Lipinski definition) is 0. The third-order valence-corrected chi connectivity index (χ3v) is 4.02. The van der Waals surface area contributed by atoms with Crippen LogP contribution in [-0.2, 0) is 0 Å². The predicted octanol–water partition coefficient (Wildman–Crippen LogP) is 6.21. The van der Waals surface area contributed by atoms with Crippen molar-refractivity contribution < 1.29 is 0 Å². The lowest BCUT2D eigenvalue weighted by Gasteiger charge is -2.17. The second kappa shape index (κ2) is 5.36. The molecule has 102 valence electrons. The molecule has 0 atom stereocenters. The highest BCUT2D eigenvalue weighted by Crippen LogP contribution is 2.33. The van der Waals surface area contributed by atoms with Gasteiger partial charge in [0.1, 0.15) is 0 Å². The van der Waals surface area contributed by atoms with Gasteiger partial charge in [-0.3, -0.25) is 0 Å². The van der Waals surface area contributed by atoms with Gasteiger partial charge in [-0.1, -0.05) is 71.9 Å². The van der Waals surface area contributed by atoms with Gasteiger partial charge in [0.25, 0.3) is 0 Å². The molecule has 2 rings (SSSR count). The summed E-state index contributed by atoms with van der Waals surface area (Å²) < 4.78 is 0. The Morgan fingerprint density at radius 1 is 0.579 bits per heavy atom. The van der Waals surface area contributed by atoms with Gasteiger partial charge >= 0.3 is 0 Å². The van der Waals surface area contributed by atoms with Gasteiger partial charge in [0.15, 0.2) is 0 Å². The van der Waals surface area contributed by atoms with E-state index in [1.165, 1.54) is 27.5 Å². The zero-order chi connectivity index (χ0) is 14.2. The predicted molar refractivity (Wildman–Crippen MR) is 86.2 cm³/mol. The van der Waals surface area contributed by atoms with Crippen molar-refractivity contribution in [3.63, 3.8) is 0 Å². The smallest absolute Gasteiger partial charge is 0.0144 e. The summed E-state index contributed by atoms with van der Waals surface area (Å²) in [7, 11) is 0. The highest BCUT2D eigenvalue weighted by molar-refractivity contribution is 5.90. The van der Waals surface area contributed by atoms with Gasteiger partial charge in [-0.05, 0) is 45.2 Å². The average molecular weight is 254 g/mol. The molecule has 0 heterocycles. The summed E-state index contributed by atoms with van der Waals surface area (Å²) in [5.74, 6) is 1.74. The molecular formula is C19H26. The first-order valence-corrected chi connectivity index (χ1v) is 7.48. The Kier molecular flexibility index (Phi) is 3.99. The Bertz CT molecular complexity index is 574. The van der Waals surface area contributed by atoms with Gasteiger partial charge in [0.05, 0.1) is 0 Å². The number of fused-ring (bicyclic) bond motifs is 1. The maximum absolute atomic E-state index is 2.40. The Morgan fingerprint density at radius 3 is 1.58 bits per heavy atom. The molecule has 0 nitrogen and oxygen atoms in total. The van der Waals surface area contributed by atoms with Crippen LogP contribution < -0.4 is 0 Å². The van der Waals surface area contributed by atoms with Gasteiger partial charge in [-0.15, -0.1) is 0 Å². The standard InChI is InChI=1S/C19H26/c1-12(2)15-7-8-18-16(13(3)4)9-10-17(14(5)6)19(18)11-15/h7-14H,1-6H3. The van der Waals surface area contributed by atoms with Crippen LogP contribution in [0.15, 0.2) is 30.3 Å². The lowest BCUT2D eigenvalue weighted by Crippen LogP contribution is -1.97. The Balaban J connectivity index is 2.77. The maximum Gasteiger partial charge on any atom is -0.0144 e. The van der Waals surface area contributed by atoms with E-state index in [-0.39, 0.29) is 0 Å². The summed E-state index contributed by atoms with van der Waals surface area (Å²) in [5.41, 5.74) is 4.38. The van der Waals surface area contributed by atoms with Gasteiger partial charge in [0, 0.05) is 0 Å². The van der Waals surface area contributed by atoms with E-state index in [0.717, 1.165) is 0 Å². The first-order chi connectivity index (χ1) is 8.91. The van der Waals surface area contributed by atoms with E-state index < -0.39 is 0 Å². The van der Waals surface area contributed by atoms with Crippen LogP contribution in [0.5, 0.6) is 0 Å². The van der Waals surface area contributed by atoms with Crippen LogP contribution in [0.2, 0.25) is 0 Å². The number of rotatable bonds is 3. The van der Waals surface area contributed by atoms with Crippen LogP contribution in [0.25, 0.3) is 10.8 Å². The fraction of sp³-hybridized carbons (Fsp3) is 0.474. The second-order valence-corrected chi connectivity index (χ2v) is 6.51. The monoisotopic (exact) mass is 254 g/mol. The molecule has 0 heteroatoms. The minimum atomic E-state index is 0.575. The molecule has 0 amide bonds. The molecule has 0 aliphatic heterocycles.